The van der Waals surface area contributed by atoms with Gasteiger partial charge in [-0.05, 0) is 43.3 Å². The van der Waals surface area contributed by atoms with E-state index < -0.39 is 0 Å². The van der Waals surface area contributed by atoms with Crippen molar-refractivity contribution in [3.05, 3.63) is 36.1 Å². The Bertz CT molecular complexity index is 570. The summed E-state index contributed by atoms with van der Waals surface area (Å²) >= 11 is 1.06. The maximum absolute atomic E-state index is 11.7. The molecule has 0 aromatic rings. The topological polar surface area (TPSA) is 86.6 Å². The molecule has 0 aliphatic heterocycles. The molecular formula is C19H29NO4V. The summed E-state index contributed by atoms with van der Waals surface area (Å²) in [5.41, 5.74) is 0.764. The van der Waals surface area contributed by atoms with E-state index in [0.29, 0.717) is 11.5 Å². The van der Waals surface area contributed by atoms with Gasteiger partial charge in [-0.15, -0.1) is 0 Å². The van der Waals surface area contributed by atoms with Crippen molar-refractivity contribution in [3.8, 4) is 0 Å². The fraction of sp³-hybridized carbons (Fsp3) is 0.632. The Balaban J connectivity index is 0.000000567. The molecule has 0 aromatic heterocycles. The van der Waals surface area contributed by atoms with Gasteiger partial charge in [0.25, 0.3) is 0 Å². The van der Waals surface area contributed by atoms with Crippen LogP contribution in [0.2, 0.25) is 0 Å². The summed E-state index contributed by atoms with van der Waals surface area (Å²) < 4.78 is 8.19. The van der Waals surface area contributed by atoms with E-state index in [1.54, 1.807) is 25.3 Å². The number of aliphatic hydroxyl groups excluding tert-OH is 2. The number of carbonyl (C=O) groups excluding carboxylic acids is 1. The quantitative estimate of drug-likeness (QED) is 0.634. The minimum absolute atomic E-state index is 0.0168. The third-order valence-corrected chi connectivity index (χ3v) is 6.15. The normalized spacial score (nSPS) is 35.6. The van der Waals surface area contributed by atoms with Crippen LogP contribution < -0.4 is 5.32 Å². The molecule has 0 amide bonds. The summed E-state index contributed by atoms with van der Waals surface area (Å²) in [5, 5.41) is 21.6. The number of nitrogens with one attached hydrogen (secondary N) is 1. The van der Waals surface area contributed by atoms with Gasteiger partial charge in [-0.3, -0.25) is 4.79 Å². The molecule has 0 spiro atoms. The van der Waals surface area contributed by atoms with E-state index in [9.17, 15) is 9.90 Å². The van der Waals surface area contributed by atoms with Crippen molar-refractivity contribution >= 4 is 5.78 Å². The van der Waals surface area contributed by atoms with Crippen LogP contribution in [0.4, 0.5) is 0 Å². The summed E-state index contributed by atoms with van der Waals surface area (Å²) in [7, 11) is 0. The second-order valence-electron chi connectivity index (χ2n) is 7.42. The Morgan fingerprint density at radius 1 is 1.28 bits per heavy atom. The summed E-state index contributed by atoms with van der Waals surface area (Å²) in [6.07, 6.45) is 10.6. The molecule has 0 radical (unpaired) electrons. The molecule has 3 rings (SSSR count). The summed E-state index contributed by atoms with van der Waals surface area (Å²) in [6.45, 7) is 8.65. The van der Waals surface area contributed by atoms with Crippen LogP contribution in [0.15, 0.2) is 36.1 Å². The average Bonchev–Trinajstić information content (AvgIpc) is 2.90. The van der Waals surface area contributed by atoms with E-state index in [1.807, 2.05) is 12.2 Å². The Labute approximate surface area is 159 Å². The molecular weight excluding hydrogens is 357 g/mol. The zero-order chi connectivity index (χ0) is 19.3. The van der Waals surface area contributed by atoms with Crippen LogP contribution in [0.3, 0.4) is 0 Å². The number of hydrogen-bond acceptors (Lipinski definition) is 5. The van der Waals surface area contributed by atoms with Gasteiger partial charge in [0.1, 0.15) is 0 Å². The summed E-state index contributed by atoms with van der Waals surface area (Å²) in [4.78, 5) is 11.7. The molecule has 3 N–H and O–H groups in total. The molecule has 2 fully saturated rings. The van der Waals surface area contributed by atoms with Crippen molar-refractivity contribution in [1.82, 2.24) is 5.32 Å². The van der Waals surface area contributed by atoms with Crippen LogP contribution in [0.25, 0.3) is 0 Å². The Morgan fingerprint density at radius 3 is 2.32 bits per heavy atom. The standard InChI is InChI=1S/C17H23NO2.C2H6O.O.V/c1-16(2)12-8-9-17(16,3)15(20)14(12)18-10-11-6-4-5-7-13(11)19;1-2-3;;/h4-7,10,12,14-15,18,20H,8-9H2,1-3H3;3H,2H2,1H3;;/b11-10-;;;/t12-,14+,15+,17+;;;/m0.../s1. The molecule has 0 saturated heterocycles. The van der Waals surface area contributed by atoms with E-state index in [-0.39, 0.29) is 35.4 Å². The Hall–Kier alpha value is -1.01. The molecule has 0 heterocycles. The first-order valence-electron chi connectivity index (χ1n) is 8.62. The van der Waals surface area contributed by atoms with Gasteiger partial charge in [0, 0.05) is 23.8 Å². The molecule has 5 nitrogen and oxygen atoms in total. The van der Waals surface area contributed by atoms with Gasteiger partial charge in [0.05, 0.1) is 12.1 Å². The first kappa shape index (κ1) is 22.0. The van der Waals surface area contributed by atoms with Gasteiger partial charge >= 0.3 is 21.0 Å². The zero-order valence-electron chi connectivity index (χ0n) is 15.4. The van der Waals surface area contributed by atoms with Crippen molar-refractivity contribution < 1.29 is 36.1 Å². The van der Waals surface area contributed by atoms with E-state index in [0.717, 1.165) is 30.2 Å². The number of aliphatic hydroxyl groups is 2. The number of ketones is 1. The van der Waals surface area contributed by atoms with Gasteiger partial charge in [-0.1, -0.05) is 32.9 Å². The van der Waals surface area contributed by atoms with Crippen molar-refractivity contribution in [2.45, 2.75) is 52.7 Å². The molecule has 3 aliphatic carbocycles. The molecule has 139 valence electrons. The number of fused-ring (bicyclic) bond motifs is 2. The van der Waals surface area contributed by atoms with Crippen LogP contribution in [-0.2, 0) is 25.8 Å². The van der Waals surface area contributed by atoms with Crippen molar-refractivity contribution in [2.24, 2.45) is 16.7 Å². The predicted molar refractivity (Wildman–Crippen MR) is 92.4 cm³/mol. The molecule has 0 aromatic carbocycles. The summed E-state index contributed by atoms with van der Waals surface area (Å²) in [5.74, 6) is 0.473. The number of rotatable bonds is 2. The first-order chi connectivity index (χ1) is 11.8. The first-order valence-corrected chi connectivity index (χ1v) is 9.19. The second-order valence-corrected chi connectivity index (χ2v) is 7.42. The van der Waals surface area contributed by atoms with Crippen LogP contribution in [0.5, 0.6) is 0 Å². The second kappa shape index (κ2) is 9.08. The summed E-state index contributed by atoms with van der Waals surface area (Å²) in [6, 6.07) is 0.0448. The molecule has 2 bridgehead atoms. The van der Waals surface area contributed by atoms with E-state index >= 15 is 0 Å². The number of carbonyl (C=O) groups is 1. The number of allylic oxidation sites excluding steroid dienone is 5. The Kier molecular flexibility index (Phi) is 8.01. The van der Waals surface area contributed by atoms with E-state index in [4.69, 9.17) is 8.78 Å². The molecule has 6 heteroatoms. The van der Waals surface area contributed by atoms with Crippen LogP contribution in [0, 0.1) is 16.7 Å². The zero-order valence-corrected chi connectivity index (χ0v) is 16.8. The molecule has 25 heavy (non-hydrogen) atoms. The number of hydrogen-bond donors (Lipinski definition) is 3. The van der Waals surface area contributed by atoms with Gasteiger partial charge in [-0.25, -0.2) is 0 Å². The van der Waals surface area contributed by atoms with Crippen LogP contribution >= 0.6 is 0 Å². The van der Waals surface area contributed by atoms with E-state index in [1.165, 1.54) is 0 Å². The average molecular weight is 386 g/mol. The van der Waals surface area contributed by atoms with Crippen molar-refractivity contribution in [2.75, 3.05) is 6.61 Å². The fourth-order valence-electron chi connectivity index (χ4n) is 4.33. The third-order valence-electron chi connectivity index (χ3n) is 6.15. The van der Waals surface area contributed by atoms with Gasteiger partial charge in [0.15, 0.2) is 5.78 Å². The molecule has 0 unspecified atom stereocenters. The van der Waals surface area contributed by atoms with Gasteiger partial charge in [-0.2, -0.15) is 0 Å². The van der Waals surface area contributed by atoms with Crippen LogP contribution in [0.1, 0.15) is 40.5 Å². The fourth-order valence-corrected chi connectivity index (χ4v) is 4.33. The van der Waals surface area contributed by atoms with Crippen molar-refractivity contribution in [1.29, 1.82) is 0 Å². The minimum atomic E-state index is -0.355. The third kappa shape index (κ3) is 4.05. The Morgan fingerprint density at radius 2 is 1.84 bits per heavy atom. The van der Waals surface area contributed by atoms with Gasteiger partial charge < -0.3 is 15.5 Å². The van der Waals surface area contributed by atoms with E-state index in [2.05, 4.69) is 26.1 Å². The molecule has 4 atom stereocenters. The monoisotopic (exact) mass is 386 g/mol. The molecule has 3 aliphatic rings. The maximum atomic E-state index is 11.7. The van der Waals surface area contributed by atoms with Crippen molar-refractivity contribution in [3.63, 3.8) is 0 Å². The molecule has 2 saturated carbocycles. The predicted octanol–water partition coefficient (Wildman–Crippen LogP) is 2.22. The van der Waals surface area contributed by atoms with Crippen LogP contribution in [-0.4, -0.2) is 34.7 Å². The van der Waals surface area contributed by atoms with Gasteiger partial charge in [0.2, 0.25) is 0 Å². The SMILES string of the molecule is CC1(C)[C@H]2CC[C@]1(C)[C@H](O)[C@@H]2N/C=C1/C=CC=CC1=O.CCO.[O]=[V].